The van der Waals surface area contributed by atoms with Crippen molar-refractivity contribution in [2.24, 2.45) is 5.92 Å². The van der Waals surface area contributed by atoms with Crippen LogP contribution in [0.5, 0.6) is 0 Å². The lowest BCUT2D eigenvalue weighted by Crippen LogP contribution is -2.40. The van der Waals surface area contributed by atoms with Crippen LogP contribution in [-0.2, 0) is 0 Å². The number of hydrogen-bond donors (Lipinski definition) is 1. The number of nitrogens with zero attached hydrogens (tertiary/aromatic N) is 1. The molecule has 0 aromatic heterocycles. The van der Waals surface area contributed by atoms with Gasteiger partial charge in [0, 0.05) is 21.7 Å². The number of halogens is 2. The number of nitrogens with one attached hydrogen (secondary N) is 1. The second-order valence-corrected chi connectivity index (χ2v) is 6.32. The molecule has 0 unspecified atom stereocenters. The highest BCUT2D eigenvalue weighted by Gasteiger charge is 2.20. The minimum absolute atomic E-state index is 0.0119. The van der Waals surface area contributed by atoms with Gasteiger partial charge in [0.25, 0.3) is 0 Å². The third-order valence-corrected chi connectivity index (χ3v) is 4.37. The van der Waals surface area contributed by atoms with Crippen LogP contribution in [0.4, 0.5) is 10.5 Å². The van der Waals surface area contributed by atoms with Crippen molar-refractivity contribution in [3.05, 3.63) is 26.8 Å². The summed E-state index contributed by atoms with van der Waals surface area (Å²) in [6.07, 6.45) is 2.18. The molecule has 3 nitrogen and oxygen atoms in total. The number of anilines is 1. The number of likely N-dealkylation sites (tertiary alicyclic amines) is 1. The zero-order valence-corrected chi connectivity index (χ0v) is 13.2. The topological polar surface area (TPSA) is 32.3 Å². The minimum Gasteiger partial charge on any atom is -0.325 e. The summed E-state index contributed by atoms with van der Waals surface area (Å²) in [4.78, 5) is 14.0. The molecular weight excluding hydrogens is 363 g/mol. The number of carbonyl (C=O) groups is 1. The van der Waals surface area contributed by atoms with Crippen molar-refractivity contribution >= 4 is 45.9 Å². The Kier molecular flexibility index (Phi) is 4.72. The molecule has 1 aromatic carbocycles. The highest BCUT2D eigenvalue weighted by atomic mass is 127. The first-order valence-electron chi connectivity index (χ1n) is 6.07. The minimum atomic E-state index is -0.0119. The Morgan fingerprint density at radius 1 is 1.44 bits per heavy atom. The first-order chi connectivity index (χ1) is 8.56. The van der Waals surface area contributed by atoms with E-state index in [0.717, 1.165) is 41.1 Å². The molecule has 0 radical (unpaired) electrons. The normalized spacial score (nSPS) is 16.7. The summed E-state index contributed by atoms with van der Waals surface area (Å²) in [6, 6.07) is 5.46. The van der Waals surface area contributed by atoms with Crippen LogP contribution in [0.1, 0.15) is 19.8 Å². The molecule has 0 aliphatic carbocycles. The summed E-state index contributed by atoms with van der Waals surface area (Å²) >= 11 is 8.07. The van der Waals surface area contributed by atoms with Gasteiger partial charge in [0.1, 0.15) is 0 Å². The fourth-order valence-electron chi connectivity index (χ4n) is 2.00. The van der Waals surface area contributed by atoms with Gasteiger partial charge in [-0.2, -0.15) is 0 Å². The fraction of sp³-hybridized carbons (Fsp3) is 0.462. The third kappa shape index (κ3) is 3.51. The standard InChI is InChI=1S/C13H16ClIN2O/c1-9-4-6-17(7-5-9)13(18)16-12-3-2-10(14)8-11(12)15/h2-3,8-9H,4-7H2,1H3,(H,16,18). The molecule has 18 heavy (non-hydrogen) atoms. The molecule has 0 spiro atoms. The molecule has 2 rings (SSSR count). The molecule has 5 heteroatoms. The van der Waals surface area contributed by atoms with Gasteiger partial charge in [0.05, 0.1) is 5.69 Å². The molecular formula is C13H16ClIN2O. The van der Waals surface area contributed by atoms with Gasteiger partial charge in [-0.3, -0.25) is 0 Å². The van der Waals surface area contributed by atoms with Crippen molar-refractivity contribution in [3.8, 4) is 0 Å². The van der Waals surface area contributed by atoms with Crippen molar-refractivity contribution in [1.29, 1.82) is 0 Å². The molecule has 1 heterocycles. The molecule has 1 aromatic rings. The molecule has 98 valence electrons. The fourth-order valence-corrected chi connectivity index (χ4v) is 3.00. The summed E-state index contributed by atoms with van der Waals surface area (Å²) < 4.78 is 0.957. The smallest absolute Gasteiger partial charge is 0.321 e. The predicted octanol–water partition coefficient (Wildman–Crippen LogP) is 4.21. The maximum absolute atomic E-state index is 12.1. The van der Waals surface area contributed by atoms with Crippen LogP contribution >= 0.6 is 34.2 Å². The predicted molar refractivity (Wildman–Crippen MR) is 83.2 cm³/mol. The summed E-state index contributed by atoms with van der Waals surface area (Å²) in [6.45, 7) is 3.92. The monoisotopic (exact) mass is 378 g/mol. The van der Waals surface area contributed by atoms with E-state index >= 15 is 0 Å². The average molecular weight is 379 g/mol. The van der Waals surface area contributed by atoms with E-state index in [9.17, 15) is 4.79 Å². The summed E-state index contributed by atoms with van der Waals surface area (Å²) in [5, 5.41) is 3.63. The zero-order valence-electron chi connectivity index (χ0n) is 10.2. The molecule has 1 aliphatic heterocycles. The Hall–Kier alpha value is -0.490. The second kappa shape index (κ2) is 6.10. The highest BCUT2D eigenvalue weighted by Crippen LogP contribution is 2.23. The Morgan fingerprint density at radius 2 is 2.11 bits per heavy atom. The molecule has 0 bridgehead atoms. The largest absolute Gasteiger partial charge is 0.325 e. The number of carbonyl (C=O) groups excluding carboxylic acids is 1. The molecule has 1 aliphatic rings. The van der Waals surface area contributed by atoms with Crippen molar-refractivity contribution in [3.63, 3.8) is 0 Å². The van der Waals surface area contributed by atoms with E-state index in [1.807, 2.05) is 17.0 Å². The highest BCUT2D eigenvalue weighted by molar-refractivity contribution is 14.1. The lowest BCUT2D eigenvalue weighted by atomic mass is 10.00. The van der Waals surface area contributed by atoms with Crippen molar-refractivity contribution in [2.75, 3.05) is 18.4 Å². The van der Waals surface area contributed by atoms with E-state index < -0.39 is 0 Å². The number of benzene rings is 1. The van der Waals surface area contributed by atoms with E-state index in [0.29, 0.717) is 5.02 Å². The lowest BCUT2D eigenvalue weighted by molar-refractivity contribution is 0.186. The maximum Gasteiger partial charge on any atom is 0.321 e. The second-order valence-electron chi connectivity index (χ2n) is 4.72. The molecule has 1 N–H and O–H groups in total. The van der Waals surface area contributed by atoms with Gasteiger partial charge in [-0.15, -0.1) is 0 Å². The van der Waals surface area contributed by atoms with Gasteiger partial charge in [0.15, 0.2) is 0 Å². The van der Waals surface area contributed by atoms with Crippen LogP contribution in [0.2, 0.25) is 5.02 Å². The maximum atomic E-state index is 12.1. The number of piperidine rings is 1. The Morgan fingerprint density at radius 3 is 2.72 bits per heavy atom. The van der Waals surface area contributed by atoms with Crippen molar-refractivity contribution in [1.82, 2.24) is 4.90 Å². The van der Waals surface area contributed by atoms with Gasteiger partial charge in [-0.1, -0.05) is 18.5 Å². The lowest BCUT2D eigenvalue weighted by Gasteiger charge is -2.30. The molecule has 0 saturated carbocycles. The number of amides is 2. The third-order valence-electron chi connectivity index (χ3n) is 3.24. The van der Waals surface area contributed by atoms with Crippen LogP contribution in [0.15, 0.2) is 18.2 Å². The Labute approximate surface area is 126 Å². The molecule has 1 saturated heterocycles. The van der Waals surface area contributed by atoms with E-state index in [2.05, 4.69) is 34.8 Å². The van der Waals surface area contributed by atoms with E-state index in [1.54, 1.807) is 6.07 Å². The Bertz CT molecular complexity index is 445. The van der Waals surface area contributed by atoms with Gasteiger partial charge in [0.2, 0.25) is 0 Å². The molecule has 1 fully saturated rings. The SMILES string of the molecule is CC1CCN(C(=O)Nc2ccc(Cl)cc2I)CC1. The van der Waals surface area contributed by atoms with Crippen LogP contribution in [0, 0.1) is 9.49 Å². The first-order valence-corrected chi connectivity index (χ1v) is 7.53. The number of rotatable bonds is 1. The van der Waals surface area contributed by atoms with Crippen LogP contribution in [0.3, 0.4) is 0 Å². The van der Waals surface area contributed by atoms with E-state index in [4.69, 9.17) is 11.6 Å². The summed E-state index contributed by atoms with van der Waals surface area (Å²) in [5.74, 6) is 0.727. The number of urea groups is 1. The van der Waals surface area contributed by atoms with Gasteiger partial charge >= 0.3 is 6.03 Å². The van der Waals surface area contributed by atoms with Crippen molar-refractivity contribution < 1.29 is 4.79 Å². The quantitative estimate of drug-likeness (QED) is 0.730. The Balaban J connectivity index is 1.98. The molecule has 0 atom stereocenters. The van der Waals surface area contributed by atoms with E-state index in [-0.39, 0.29) is 6.03 Å². The van der Waals surface area contributed by atoms with Gasteiger partial charge < -0.3 is 10.2 Å². The van der Waals surface area contributed by atoms with Crippen molar-refractivity contribution in [2.45, 2.75) is 19.8 Å². The summed E-state index contributed by atoms with van der Waals surface area (Å²) in [7, 11) is 0. The van der Waals surface area contributed by atoms with Crippen LogP contribution in [0.25, 0.3) is 0 Å². The zero-order chi connectivity index (χ0) is 13.1. The van der Waals surface area contributed by atoms with Gasteiger partial charge in [-0.25, -0.2) is 4.79 Å². The van der Waals surface area contributed by atoms with Crippen LogP contribution in [-0.4, -0.2) is 24.0 Å². The molecule has 2 amide bonds. The summed E-state index contributed by atoms with van der Waals surface area (Å²) in [5.41, 5.74) is 0.823. The van der Waals surface area contributed by atoms with E-state index in [1.165, 1.54) is 0 Å². The van der Waals surface area contributed by atoms with Gasteiger partial charge in [-0.05, 0) is 59.5 Å². The first kappa shape index (κ1) is 13.9. The number of hydrogen-bond acceptors (Lipinski definition) is 1. The van der Waals surface area contributed by atoms with Crippen LogP contribution < -0.4 is 5.32 Å². The average Bonchev–Trinajstić information content (AvgIpc) is 2.33.